The first-order chi connectivity index (χ1) is 22.9. The van der Waals surface area contributed by atoms with Crippen LogP contribution < -0.4 is 4.74 Å². The first-order valence-corrected chi connectivity index (χ1v) is 17.4. The van der Waals surface area contributed by atoms with Crippen molar-refractivity contribution in [1.29, 1.82) is 0 Å². The maximum absolute atomic E-state index is 12.3. The van der Waals surface area contributed by atoms with Crippen molar-refractivity contribution in [3.05, 3.63) is 52.2 Å². The summed E-state index contributed by atoms with van der Waals surface area (Å²) in [6.07, 6.45) is -1.25. The fourth-order valence-corrected chi connectivity index (χ4v) is 5.60. The number of aromatic amines is 1. The van der Waals surface area contributed by atoms with Gasteiger partial charge in [-0.15, -0.1) is 5.10 Å². The Hall–Kier alpha value is -4.28. The Balaban J connectivity index is 1.96. The van der Waals surface area contributed by atoms with Gasteiger partial charge in [-0.2, -0.15) is 8.42 Å². The number of H-pyrrole nitrogens is 1. The topological polar surface area (TPSA) is 196 Å². The number of nitrogens with zero attached hydrogens (tertiary/aromatic N) is 1. The smallest absolute Gasteiger partial charge is 0.303 e. The van der Waals surface area contributed by atoms with E-state index in [-0.39, 0.29) is 18.4 Å². The molecule has 1 N–H and O–H groups in total. The molecule has 1 aromatic heterocycles. The average Bonchev–Trinajstić information content (AvgIpc) is 3.37. The van der Waals surface area contributed by atoms with Crippen molar-refractivity contribution in [1.82, 2.24) is 10.2 Å². The van der Waals surface area contributed by atoms with Crippen molar-refractivity contribution in [2.45, 2.75) is 97.9 Å². The third kappa shape index (κ3) is 12.0. The Bertz CT molecular complexity index is 1630. The van der Waals surface area contributed by atoms with Gasteiger partial charge in [0.05, 0.1) is 12.9 Å². The molecule has 49 heavy (non-hydrogen) atoms. The number of benzene rings is 1. The number of esters is 4. The van der Waals surface area contributed by atoms with Crippen LogP contribution in [0.2, 0.25) is 0 Å². The van der Waals surface area contributed by atoms with Gasteiger partial charge < -0.3 is 28.4 Å². The number of aromatic nitrogens is 2. The van der Waals surface area contributed by atoms with Crippen LogP contribution in [-0.2, 0) is 63.6 Å². The van der Waals surface area contributed by atoms with Gasteiger partial charge in [-0.3, -0.25) is 28.5 Å². The molecule has 3 rings (SSSR count). The van der Waals surface area contributed by atoms with Gasteiger partial charge >= 0.3 is 23.9 Å². The summed E-state index contributed by atoms with van der Waals surface area (Å²) in [4.78, 5) is 48.2. The lowest BCUT2D eigenvalue weighted by molar-refractivity contribution is -0.289. The summed E-state index contributed by atoms with van der Waals surface area (Å²) in [6.45, 7) is 10.2. The SMILES string of the molecule is CC(=O)OC[C@H]1OC(Oc2n[nH]c(C(C)C)c2Cc2ccc(/C=C/CCOS(C)(=O)=O)cc2C)[C@H](OC(C)=O)[C@@H](OC(C)=O)[C@@H]1OC(C)=O. The molecular weight excluding hydrogens is 664 g/mol. The van der Waals surface area contributed by atoms with Crippen LogP contribution in [0.15, 0.2) is 24.3 Å². The van der Waals surface area contributed by atoms with Gasteiger partial charge in [-0.25, -0.2) is 0 Å². The maximum atomic E-state index is 12.3. The minimum atomic E-state index is -3.50. The number of nitrogens with one attached hydrogen (secondary N) is 1. The van der Waals surface area contributed by atoms with Crippen LogP contribution in [0.3, 0.4) is 0 Å². The van der Waals surface area contributed by atoms with E-state index in [9.17, 15) is 27.6 Å². The van der Waals surface area contributed by atoms with E-state index in [1.54, 1.807) is 0 Å². The highest BCUT2D eigenvalue weighted by Crippen LogP contribution is 2.34. The van der Waals surface area contributed by atoms with Gasteiger partial charge in [0.2, 0.25) is 18.3 Å². The summed E-state index contributed by atoms with van der Waals surface area (Å²) in [6, 6.07) is 5.86. The number of carbonyl (C=O) groups is 4. The standard InChI is InChI=1S/C33H44N2O13S/c1-18(2)28-26(16-25-13-12-24(15-19(25)3)11-9-10-14-43-49(8,40)41)32(35-34-28)48-33-31(46-23(7)39)30(45-22(6)38)29(44-21(5)37)27(47-33)17-42-20(4)36/h9,11-13,15,18,27,29-31,33H,10,14,16-17H2,1-8H3,(H,34,35)/b11-9+/t27-,29-,30+,31-,33?/m1/s1. The third-order valence-electron chi connectivity index (χ3n) is 7.24. The molecule has 1 fully saturated rings. The van der Waals surface area contributed by atoms with Gasteiger partial charge in [0.25, 0.3) is 10.1 Å². The van der Waals surface area contributed by atoms with E-state index >= 15 is 0 Å². The lowest BCUT2D eigenvalue weighted by Crippen LogP contribution is -2.63. The van der Waals surface area contributed by atoms with Crippen LogP contribution in [0, 0.1) is 6.92 Å². The van der Waals surface area contributed by atoms with Gasteiger partial charge in [0.1, 0.15) is 12.7 Å². The second-order valence-corrected chi connectivity index (χ2v) is 13.5. The van der Waals surface area contributed by atoms with Crippen LogP contribution in [0.1, 0.15) is 81.8 Å². The van der Waals surface area contributed by atoms with E-state index in [4.69, 9.17) is 32.6 Å². The monoisotopic (exact) mass is 708 g/mol. The molecule has 0 amide bonds. The highest BCUT2D eigenvalue weighted by molar-refractivity contribution is 7.85. The summed E-state index contributed by atoms with van der Waals surface area (Å²) in [5.74, 6) is -2.77. The Morgan fingerprint density at radius 2 is 1.59 bits per heavy atom. The number of rotatable bonds is 15. The number of ether oxygens (including phenoxy) is 6. The first-order valence-electron chi connectivity index (χ1n) is 15.6. The molecule has 15 nitrogen and oxygen atoms in total. The molecule has 16 heteroatoms. The fraction of sp³-hybridized carbons (Fsp3) is 0.545. The Labute approximate surface area is 285 Å². The minimum absolute atomic E-state index is 0.00749. The van der Waals surface area contributed by atoms with Crippen LogP contribution >= 0.6 is 0 Å². The van der Waals surface area contributed by atoms with Crippen molar-refractivity contribution >= 4 is 40.1 Å². The van der Waals surface area contributed by atoms with E-state index in [1.807, 2.05) is 51.1 Å². The molecule has 2 heterocycles. The highest BCUT2D eigenvalue weighted by atomic mass is 32.2. The van der Waals surface area contributed by atoms with Gasteiger partial charge in [-0.1, -0.05) is 44.2 Å². The second kappa shape index (κ2) is 17.4. The molecule has 1 aromatic carbocycles. The summed E-state index contributed by atoms with van der Waals surface area (Å²) in [7, 11) is -3.50. The molecule has 1 aliphatic rings. The Kier molecular flexibility index (Phi) is 13.9. The molecule has 2 aromatic rings. The fourth-order valence-electron chi connectivity index (χ4n) is 5.20. The van der Waals surface area contributed by atoms with E-state index in [1.165, 1.54) is 6.92 Å². The number of hydrogen-bond donors (Lipinski definition) is 1. The Morgan fingerprint density at radius 3 is 2.16 bits per heavy atom. The molecule has 0 spiro atoms. The zero-order valence-electron chi connectivity index (χ0n) is 28.8. The van der Waals surface area contributed by atoms with Crippen molar-refractivity contribution < 1.29 is 60.2 Å². The molecule has 1 aliphatic heterocycles. The molecule has 0 aliphatic carbocycles. The van der Waals surface area contributed by atoms with Gasteiger partial charge in [0, 0.05) is 45.4 Å². The minimum Gasteiger partial charge on any atom is -0.463 e. The quantitative estimate of drug-likeness (QED) is 0.122. The van der Waals surface area contributed by atoms with Crippen molar-refractivity contribution in [2.75, 3.05) is 19.5 Å². The molecule has 0 bridgehead atoms. The molecule has 5 atom stereocenters. The Morgan fingerprint density at radius 1 is 0.959 bits per heavy atom. The summed E-state index contributed by atoms with van der Waals surface area (Å²) in [5.41, 5.74) is 4.28. The molecule has 1 saturated heterocycles. The van der Waals surface area contributed by atoms with Crippen molar-refractivity contribution in [3.63, 3.8) is 0 Å². The molecule has 270 valence electrons. The lowest BCUT2D eigenvalue weighted by Gasteiger charge is -2.43. The van der Waals surface area contributed by atoms with E-state index < -0.39 is 71.3 Å². The summed E-state index contributed by atoms with van der Waals surface area (Å²) in [5, 5.41) is 7.43. The number of carbonyl (C=O) groups excluding carboxylic acids is 4. The third-order valence-corrected chi connectivity index (χ3v) is 7.84. The van der Waals surface area contributed by atoms with E-state index in [0.717, 1.165) is 49.4 Å². The zero-order chi connectivity index (χ0) is 36.5. The van der Waals surface area contributed by atoms with E-state index in [0.29, 0.717) is 18.4 Å². The maximum Gasteiger partial charge on any atom is 0.303 e. The second-order valence-electron chi connectivity index (χ2n) is 11.8. The van der Waals surface area contributed by atoms with Crippen LogP contribution in [0.25, 0.3) is 6.08 Å². The van der Waals surface area contributed by atoms with Crippen LogP contribution in [0.5, 0.6) is 5.88 Å². The highest BCUT2D eigenvalue weighted by Gasteiger charge is 2.53. The summed E-state index contributed by atoms with van der Waals surface area (Å²) >= 11 is 0. The van der Waals surface area contributed by atoms with E-state index in [2.05, 4.69) is 10.2 Å². The molecule has 0 saturated carbocycles. The number of hydrogen-bond acceptors (Lipinski definition) is 14. The van der Waals surface area contributed by atoms with Crippen LogP contribution in [0.4, 0.5) is 0 Å². The first kappa shape index (κ1) is 39.2. The largest absolute Gasteiger partial charge is 0.463 e. The molecule has 0 radical (unpaired) electrons. The summed E-state index contributed by atoms with van der Waals surface area (Å²) < 4.78 is 61.1. The van der Waals surface area contributed by atoms with Crippen LogP contribution in [-0.4, -0.2) is 92.7 Å². The zero-order valence-corrected chi connectivity index (χ0v) is 29.7. The van der Waals surface area contributed by atoms with Gasteiger partial charge in [-0.05, 0) is 36.0 Å². The average molecular weight is 709 g/mol. The predicted octanol–water partition coefficient (Wildman–Crippen LogP) is 3.27. The number of aryl methyl sites for hydroxylation is 1. The predicted molar refractivity (Wildman–Crippen MR) is 174 cm³/mol. The van der Waals surface area contributed by atoms with Gasteiger partial charge in [0.15, 0.2) is 12.2 Å². The lowest BCUT2D eigenvalue weighted by atomic mass is 9.95. The molecular formula is C33H44N2O13S. The van der Waals surface area contributed by atoms with Crippen molar-refractivity contribution in [2.24, 2.45) is 0 Å². The molecule has 1 unspecified atom stereocenters. The van der Waals surface area contributed by atoms with Crippen molar-refractivity contribution in [3.8, 4) is 5.88 Å². The normalized spacial score (nSPS) is 21.0.